The maximum absolute atomic E-state index is 12.1. The van der Waals surface area contributed by atoms with Gasteiger partial charge in [-0.1, -0.05) is 6.07 Å². The monoisotopic (exact) mass is 363 g/mol. The largest absolute Gasteiger partial charge is 0.351 e. The number of carbonyl (C=O) groups is 1. The minimum Gasteiger partial charge on any atom is -0.351 e. The van der Waals surface area contributed by atoms with E-state index in [1.54, 1.807) is 12.4 Å². The van der Waals surface area contributed by atoms with Gasteiger partial charge in [0, 0.05) is 57.2 Å². The van der Waals surface area contributed by atoms with Crippen LogP contribution >= 0.6 is 0 Å². The lowest BCUT2D eigenvalue weighted by Crippen LogP contribution is -2.39. The molecule has 1 atom stereocenters. The molecule has 1 amide bonds. The average molecular weight is 363 g/mol. The third kappa shape index (κ3) is 4.17. The molecule has 138 valence electrons. The Morgan fingerprint density at radius 2 is 2.07 bits per heavy atom. The number of rotatable bonds is 6. The van der Waals surface area contributed by atoms with Crippen LogP contribution < -0.4 is 5.32 Å². The van der Waals surface area contributed by atoms with Crippen molar-refractivity contribution >= 4 is 5.91 Å². The summed E-state index contributed by atoms with van der Waals surface area (Å²) in [7, 11) is 0. The van der Waals surface area contributed by atoms with Crippen LogP contribution in [0, 0.1) is 0 Å². The first-order valence-corrected chi connectivity index (χ1v) is 8.97. The van der Waals surface area contributed by atoms with Gasteiger partial charge >= 0.3 is 0 Å². The van der Waals surface area contributed by atoms with E-state index in [4.69, 9.17) is 0 Å². The minimum atomic E-state index is -0.202. The SMILES string of the molecule is O=C(NCC[C@@H]1CN(Cc2cccnc2)Cc2ccnn21)c1cnccn1. The molecule has 4 heterocycles. The predicted molar refractivity (Wildman–Crippen MR) is 98.6 cm³/mol. The molecule has 0 radical (unpaired) electrons. The van der Waals surface area contributed by atoms with Gasteiger partial charge in [-0.3, -0.25) is 24.3 Å². The highest BCUT2D eigenvalue weighted by atomic mass is 16.1. The van der Waals surface area contributed by atoms with E-state index in [-0.39, 0.29) is 11.9 Å². The second-order valence-corrected chi connectivity index (χ2v) is 6.59. The van der Waals surface area contributed by atoms with Crippen LogP contribution in [-0.4, -0.2) is 48.6 Å². The number of nitrogens with one attached hydrogen (secondary N) is 1. The van der Waals surface area contributed by atoms with E-state index in [9.17, 15) is 4.79 Å². The second-order valence-electron chi connectivity index (χ2n) is 6.59. The molecule has 0 spiro atoms. The number of nitrogens with zero attached hydrogens (tertiary/aromatic N) is 6. The van der Waals surface area contributed by atoms with Crippen LogP contribution in [0.2, 0.25) is 0 Å². The lowest BCUT2D eigenvalue weighted by Gasteiger charge is -2.34. The molecule has 1 aliphatic rings. The minimum absolute atomic E-state index is 0.202. The van der Waals surface area contributed by atoms with Crippen LogP contribution in [0.15, 0.2) is 55.4 Å². The lowest BCUT2D eigenvalue weighted by atomic mass is 10.1. The normalized spacial score (nSPS) is 16.7. The van der Waals surface area contributed by atoms with E-state index in [0.29, 0.717) is 12.2 Å². The average Bonchev–Trinajstić information content (AvgIpc) is 3.18. The predicted octanol–water partition coefficient (Wildman–Crippen LogP) is 1.45. The molecule has 1 N–H and O–H groups in total. The van der Waals surface area contributed by atoms with Crippen LogP contribution in [0.4, 0.5) is 0 Å². The molecule has 0 aliphatic carbocycles. The highest BCUT2D eigenvalue weighted by molar-refractivity contribution is 5.91. The summed E-state index contributed by atoms with van der Waals surface area (Å²) in [6, 6.07) is 6.32. The van der Waals surface area contributed by atoms with Gasteiger partial charge in [0.1, 0.15) is 5.69 Å². The molecule has 27 heavy (non-hydrogen) atoms. The van der Waals surface area contributed by atoms with E-state index in [1.165, 1.54) is 23.7 Å². The molecule has 8 heteroatoms. The van der Waals surface area contributed by atoms with Gasteiger partial charge in [0.15, 0.2) is 0 Å². The van der Waals surface area contributed by atoms with Gasteiger partial charge < -0.3 is 5.32 Å². The Labute approximate surface area is 157 Å². The van der Waals surface area contributed by atoms with E-state index in [2.05, 4.69) is 47.1 Å². The maximum atomic E-state index is 12.1. The quantitative estimate of drug-likeness (QED) is 0.713. The van der Waals surface area contributed by atoms with Gasteiger partial charge in [0.25, 0.3) is 5.91 Å². The molecule has 4 rings (SSSR count). The molecule has 3 aromatic rings. The zero-order valence-corrected chi connectivity index (χ0v) is 14.9. The fourth-order valence-corrected chi connectivity index (χ4v) is 3.41. The number of pyridine rings is 1. The fourth-order valence-electron chi connectivity index (χ4n) is 3.41. The Morgan fingerprint density at radius 1 is 1.15 bits per heavy atom. The first-order chi connectivity index (χ1) is 13.3. The molecule has 0 unspecified atom stereocenters. The van der Waals surface area contributed by atoms with Crippen molar-refractivity contribution in [1.82, 2.24) is 34.9 Å². The summed E-state index contributed by atoms with van der Waals surface area (Å²) >= 11 is 0. The highest BCUT2D eigenvalue weighted by Crippen LogP contribution is 2.23. The molecule has 8 nitrogen and oxygen atoms in total. The van der Waals surface area contributed by atoms with Crippen molar-refractivity contribution in [2.75, 3.05) is 13.1 Å². The smallest absolute Gasteiger partial charge is 0.271 e. The van der Waals surface area contributed by atoms with Crippen LogP contribution in [0.25, 0.3) is 0 Å². The lowest BCUT2D eigenvalue weighted by molar-refractivity contribution is 0.0941. The maximum Gasteiger partial charge on any atom is 0.271 e. The molecular formula is C19H21N7O. The number of hydrogen-bond acceptors (Lipinski definition) is 6. The Hall–Kier alpha value is -3.13. The molecule has 0 saturated heterocycles. The Morgan fingerprint density at radius 3 is 2.89 bits per heavy atom. The number of carbonyl (C=O) groups excluding carboxylic acids is 1. The first-order valence-electron chi connectivity index (χ1n) is 8.97. The van der Waals surface area contributed by atoms with Crippen LogP contribution in [0.1, 0.15) is 34.2 Å². The molecular weight excluding hydrogens is 342 g/mol. The van der Waals surface area contributed by atoms with Crippen molar-refractivity contribution in [1.29, 1.82) is 0 Å². The summed E-state index contributed by atoms with van der Waals surface area (Å²) in [6.45, 7) is 3.14. The van der Waals surface area contributed by atoms with Crippen molar-refractivity contribution in [3.05, 3.63) is 72.3 Å². The third-order valence-corrected chi connectivity index (χ3v) is 4.64. The number of amides is 1. The zero-order chi connectivity index (χ0) is 18.5. The second kappa shape index (κ2) is 8.05. The van der Waals surface area contributed by atoms with Crippen molar-refractivity contribution in [2.24, 2.45) is 0 Å². The summed E-state index contributed by atoms with van der Waals surface area (Å²) in [5.41, 5.74) is 2.72. The molecule has 0 bridgehead atoms. The first kappa shape index (κ1) is 17.3. The molecule has 0 saturated carbocycles. The van der Waals surface area contributed by atoms with Gasteiger partial charge in [-0.15, -0.1) is 0 Å². The number of aromatic nitrogens is 5. The summed E-state index contributed by atoms with van der Waals surface area (Å²) < 4.78 is 2.08. The Kier molecular flexibility index (Phi) is 5.15. The Bertz CT molecular complexity index is 881. The van der Waals surface area contributed by atoms with E-state index < -0.39 is 0 Å². The summed E-state index contributed by atoms with van der Waals surface area (Å²) in [5.74, 6) is -0.202. The van der Waals surface area contributed by atoms with E-state index in [1.807, 2.05) is 18.5 Å². The molecule has 0 aromatic carbocycles. The summed E-state index contributed by atoms with van der Waals surface area (Å²) in [4.78, 5) is 26.7. The van der Waals surface area contributed by atoms with Crippen molar-refractivity contribution in [2.45, 2.75) is 25.6 Å². The molecule has 1 aliphatic heterocycles. The number of fused-ring (bicyclic) bond motifs is 1. The standard InChI is InChI=1S/C19H21N7O/c27-19(18-11-21-8-9-22-18)23-6-3-16-13-25(12-15-2-1-5-20-10-15)14-17-4-7-24-26(16)17/h1-2,4-5,7-11,16H,3,6,12-14H2,(H,23,27)/t16-/m1/s1. The van der Waals surface area contributed by atoms with Gasteiger partial charge in [-0.25, -0.2) is 4.98 Å². The van der Waals surface area contributed by atoms with Gasteiger partial charge in [0.2, 0.25) is 0 Å². The summed E-state index contributed by atoms with van der Waals surface area (Å²) in [5, 5.41) is 7.40. The fraction of sp³-hybridized carbons (Fsp3) is 0.316. The van der Waals surface area contributed by atoms with E-state index >= 15 is 0 Å². The third-order valence-electron chi connectivity index (χ3n) is 4.64. The van der Waals surface area contributed by atoms with Crippen molar-refractivity contribution in [3.63, 3.8) is 0 Å². The van der Waals surface area contributed by atoms with Crippen molar-refractivity contribution in [3.8, 4) is 0 Å². The van der Waals surface area contributed by atoms with Crippen LogP contribution in [0.5, 0.6) is 0 Å². The zero-order valence-electron chi connectivity index (χ0n) is 14.9. The van der Waals surface area contributed by atoms with Crippen LogP contribution in [0.3, 0.4) is 0 Å². The molecule has 0 fully saturated rings. The topological polar surface area (TPSA) is 88.8 Å². The van der Waals surface area contributed by atoms with Gasteiger partial charge in [0.05, 0.1) is 17.9 Å². The number of hydrogen-bond donors (Lipinski definition) is 1. The van der Waals surface area contributed by atoms with Crippen LogP contribution in [-0.2, 0) is 13.1 Å². The van der Waals surface area contributed by atoms with Crippen molar-refractivity contribution < 1.29 is 4.79 Å². The summed E-state index contributed by atoms with van der Waals surface area (Å²) in [6.07, 6.45) is 10.9. The Balaban J connectivity index is 1.37. The molecule has 3 aromatic heterocycles. The van der Waals surface area contributed by atoms with E-state index in [0.717, 1.165) is 26.1 Å². The van der Waals surface area contributed by atoms with Gasteiger partial charge in [-0.05, 0) is 24.1 Å². The van der Waals surface area contributed by atoms with Gasteiger partial charge in [-0.2, -0.15) is 5.10 Å². The highest BCUT2D eigenvalue weighted by Gasteiger charge is 2.25.